The molecule has 0 radical (unpaired) electrons. The van der Waals surface area contributed by atoms with Crippen molar-refractivity contribution in [3.63, 3.8) is 0 Å². The molecule has 102 valence electrons. The lowest BCUT2D eigenvalue weighted by Gasteiger charge is -2.23. The minimum atomic E-state index is 0.489. The van der Waals surface area contributed by atoms with Crippen LogP contribution in [0.4, 0.5) is 0 Å². The largest absolute Gasteiger partial charge is 0.469 e. The number of rotatable bonds is 7. The molecule has 3 nitrogen and oxygen atoms in total. The molecule has 0 bridgehead atoms. The fraction of sp³-hybridized carbons (Fsp3) is 0.733. The zero-order valence-electron chi connectivity index (χ0n) is 11.4. The summed E-state index contributed by atoms with van der Waals surface area (Å²) >= 11 is 0. The van der Waals surface area contributed by atoms with Crippen LogP contribution >= 0.6 is 0 Å². The Kier molecular flexibility index (Phi) is 5.75. The maximum atomic E-state index is 5.72. The molecular weight excluding hydrogens is 226 g/mol. The van der Waals surface area contributed by atoms with Crippen LogP contribution < -0.4 is 5.32 Å². The Morgan fingerprint density at radius 1 is 1.44 bits per heavy atom. The van der Waals surface area contributed by atoms with Gasteiger partial charge in [-0.25, -0.2) is 0 Å². The normalized spacial score (nSPS) is 21.9. The Morgan fingerprint density at radius 3 is 3.11 bits per heavy atom. The van der Waals surface area contributed by atoms with Crippen molar-refractivity contribution in [2.75, 3.05) is 13.2 Å². The molecule has 2 heterocycles. The van der Waals surface area contributed by atoms with Gasteiger partial charge < -0.3 is 14.5 Å². The molecule has 0 spiro atoms. The van der Waals surface area contributed by atoms with Gasteiger partial charge in [-0.1, -0.05) is 0 Å². The Balaban J connectivity index is 1.52. The predicted octanol–water partition coefficient (Wildman–Crippen LogP) is 3.15. The Morgan fingerprint density at radius 2 is 2.39 bits per heavy atom. The molecule has 3 heteroatoms. The maximum absolute atomic E-state index is 5.72. The Hall–Kier alpha value is -0.800. The zero-order valence-corrected chi connectivity index (χ0v) is 11.4. The van der Waals surface area contributed by atoms with Crippen molar-refractivity contribution in [1.82, 2.24) is 5.32 Å². The SMILES string of the molecule is CC(CCc1ccco1)NCCC1CCCCO1. The molecule has 1 aliphatic rings. The number of nitrogens with one attached hydrogen (secondary N) is 1. The smallest absolute Gasteiger partial charge is 0.103 e. The van der Waals surface area contributed by atoms with Crippen LogP contribution in [0.15, 0.2) is 22.8 Å². The molecule has 0 aromatic carbocycles. The van der Waals surface area contributed by atoms with Crippen LogP contribution in [0.3, 0.4) is 0 Å². The average Bonchev–Trinajstić information content (AvgIpc) is 2.91. The van der Waals surface area contributed by atoms with Gasteiger partial charge in [-0.05, 0) is 57.7 Å². The summed E-state index contributed by atoms with van der Waals surface area (Å²) in [6.45, 7) is 4.26. The van der Waals surface area contributed by atoms with E-state index in [9.17, 15) is 0 Å². The van der Waals surface area contributed by atoms with E-state index in [1.165, 1.54) is 19.3 Å². The number of hydrogen-bond donors (Lipinski definition) is 1. The lowest BCUT2D eigenvalue weighted by molar-refractivity contribution is 0.0112. The highest BCUT2D eigenvalue weighted by atomic mass is 16.5. The second-order valence-electron chi connectivity index (χ2n) is 5.25. The average molecular weight is 251 g/mol. The van der Waals surface area contributed by atoms with Crippen LogP contribution in [0.5, 0.6) is 0 Å². The molecule has 1 N–H and O–H groups in total. The number of aryl methyl sites for hydroxylation is 1. The van der Waals surface area contributed by atoms with Crippen molar-refractivity contribution in [2.45, 2.75) is 57.6 Å². The van der Waals surface area contributed by atoms with E-state index in [-0.39, 0.29) is 0 Å². The predicted molar refractivity (Wildman–Crippen MR) is 72.7 cm³/mol. The van der Waals surface area contributed by atoms with Gasteiger partial charge in [-0.2, -0.15) is 0 Å². The quantitative estimate of drug-likeness (QED) is 0.808. The molecule has 1 aromatic heterocycles. The molecule has 2 atom stereocenters. The van der Waals surface area contributed by atoms with Crippen LogP contribution in [0.2, 0.25) is 0 Å². The third-order valence-corrected chi connectivity index (χ3v) is 3.64. The topological polar surface area (TPSA) is 34.4 Å². The standard InChI is InChI=1S/C15H25NO2/c1-13(7-8-14-6-4-12-18-14)16-10-9-15-5-2-3-11-17-15/h4,6,12-13,15-16H,2-3,5,7-11H2,1H3. The van der Waals surface area contributed by atoms with Gasteiger partial charge in [-0.15, -0.1) is 0 Å². The van der Waals surface area contributed by atoms with E-state index < -0.39 is 0 Å². The molecule has 18 heavy (non-hydrogen) atoms. The molecule has 1 aliphatic heterocycles. The molecule has 2 rings (SSSR count). The van der Waals surface area contributed by atoms with E-state index in [0.717, 1.165) is 38.2 Å². The van der Waals surface area contributed by atoms with Crippen molar-refractivity contribution in [2.24, 2.45) is 0 Å². The van der Waals surface area contributed by atoms with Gasteiger partial charge in [0.2, 0.25) is 0 Å². The third kappa shape index (κ3) is 4.83. The van der Waals surface area contributed by atoms with E-state index in [0.29, 0.717) is 12.1 Å². The lowest BCUT2D eigenvalue weighted by atomic mass is 10.1. The number of ether oxygens (including phenoxy) is 1. The molecular formula is C15H25NO2. The third-order valence-electron chi connectivity index (χ3n) is 3.64. The number of hydrogen-bond acceptors (Lipinski definition) is 3. The van der Waals surface area contributed by atoms with Gasteiger partial charge in [0.15, 0.2) is 0 Å². The summed E-state index contributed by atoms with van der Waals surface area (Å²) in [5.74, 6) is 1.08. The highest BCUT2D eigenvalue weighted by Crippen LogP contribution is 2.15. The van der Waals surface area contributed by atoms with Crippen LogP contribution in [0.25, 0.3) is 0 Å². The molecule has 2 unspecified atom stereocenters. The first-order valence-electron chi connectivity index (χ1n) is 7.22. The molecule has 0 aliphatic carbocycles. The summed E-state index contributed by atoms with van der Waals surface area (Å²) in [5.41, 5.74) is 0. The molecule has 0 amide bonds. The summed E-state index contributed by atoms with van der Waals surface area (Å²) in [6, 6.07) is 4.54. The van der Waals surface area contributed by atoms with E-state index in [4.69, 9.17) is 9.15 Å². The highest BCUT2D eigenvalue weighted by molar-refractivity contribution is 4.98. The van der Waals surface area contributed by atoms with Gasteiger partial charge in [0.25, 0.3) is 0 Å². The van der Waals surface area contributed by atoms with E-state index in [1.807, 2.05) is 12.1 Å². The zero-order chi connectivity index (χ0) is 12.6. The minimum absolute atomic E-state index is 0.489. The van der Waals surface area contributed by atoms with E-state index >= 15 is 0 Å². The maximum Gasteiger partial charge on any atom is 0.103 e. The highest BCUT2D eigenvalue weighted by Gasteiger charge is 2.13. The fourth-order valence-corrected chi connectivity index (χ4v) is 2.44. The van der Waals surface area contributed by atoms with Crippen molar-refractivity contribution in [1.29, 1.82) is 0 Å². The Bertz CT molecular complexity index is 304. The van der Waals surface area contributed by atoms with Crippen LogP contribution in [0.1, 0.15) is 44.8 Å². The minimum Gasteiger partial charge on any atom is -0.469 e. The molecule has 0 saturated carbocycles. The molecule has 1 aromatic rings. The number of furan rings is 1. The fourth-order valence-electron chi connectivity index (χ4n) is 2.44. The summed E-state index contributed by atoms with van der Waals surface area (Å²) < 4.78 is 11.1. The first kappa shape index (κ1) is 13.6. The molecule has 1 saturated heterocycles. The van der Waals surface area contributed by atoms with Crippen LogP contribution in [-0.2, 0) is 11.2 Å². The summed E-state index contributed by atoms with van der Waals surface area (Å²) in [7, 11) is 0. The van der Waals surface area contributed by atoms with Crippen LogP contribution in [-0.4, -0.2) is 25.3 Å². The first-order valence-corrected chi connectivity index (χ1v) is 7.22. The van der Waals surface area contributed by atoms with Crippen molar-refractivity contribution in [3.05, 3.63) is 24.2 Å². The van der Waals surface area contributed by atoms with Gasteiger partial charge >= 0.3 is 0 Å². The van der Waals surface area contributed by atoms with Crippen molar-refractivity contribution in [3.8, 4) is 0 Å². The van der Waals surface area contributed by atoms with E-state index in [1.54, 1.807) is 6.26 Å². The van der Waals surface area contributed by atoms with Crippen LogP contribution in [0, 0.1) is 0 Å². The van der Waals surface area contributed by atoms with Crippen molar-refractivity contribution < 1.29 is 9.15 Å². The van der Waals surface area contributed by atoms with Crippen molar-refractivity contribution >= 4 is 0 Å². The van der Waals surface area contributed by atoms with Gasteiger partial charge in [0, 0.05) is 19.1 Å². The van der Waals surface area contributed by atoms with Gasteiger partial charge in [0.05, 0.1) is 12.4 Å². The molecule has 1 fully saturated rings. The monoisotopic (exact) mass is 251 g/mol. The Labute approximate surface area is 110 Å². The summed E-state index contributed by atoms with van der Waals surface area (Å²) in [5, 5.41) is 3.57. The lowest BCUT2D eigenvalue weighted by Crippen LogP contribution is -2.31. The van der Waals surface area contributed by atoms with Gasteiger partial charge in [0.1, 0.15) is 5.76 Å². The summed E-state index contributed by atoms with van der Waals surface area (Å²) in [4.78, 5) is 0. The van der Waals surface area contributed by atoms with E-state index in [2.05, 4.69) is 12.2 Å². The first-order chi connectivity index (χ1) is 8.84. The van der Waals surface area contributed by atoms with Gasteiger partial charge in [-0.3, -0.25) is 0 Å². The summed E-state index contributed by atoms with van der Waals surface area (Å²) in [6.07, 6.45) is 9.33. The second kappa shape index (κ2) is 7.59. The second-order valence-corrected chi connectivity index (χ2v) is 5.25.